The Bertz CT molecular complexity index is 255. The standard InChI is InChI=1S/C9H12O4/c1-4-5-6-7(8(10)11-5)13-9(2,3)12-6/h1,5-8,10H,2-3H3/t5-,6-,7-,8?/m1/s1. The van der Waals surface area contributed by atoms with Crippen molar-refractivity contribution in [2.75, 3.05) is 0 Å². The molecule has 13 heavy (non-hydrogen) atoms. The minimum atomic E-state index is -0.979. The van der Waals surface area contributed by atoms with Crippen LogP contribution in [0.3, 0.4) is 0 Å². The number of hydrogen-bond acceptors (Lipinski definition) is 4. The van der Waals surface area contributed by atoms with Gasteiger partial charge in [-0.15, -0.1) is 6.42 Å². The van der Waals surface area contributed by atoms with Crippen LogP contribution in [0, 0.1) is 12.3 Å². The molecule has 2 heterocycles. The van der Waals surface area contributed by atoms with Crippen LogP contribution in [0.4, 0.5) is 0 Å². The molecule has 4 nitrogen and oxygen atoms in total. The van der Waals surface area contributed by atoms with E-state index in [1.165, 1.54) is 0 Å². The van der Waals surface area contributed by atoms with Gasteiger partial charge >= 0.3 is 0 Å². The summed E-state index contributed by atoms with van der Waals surface area (Å²) in [5.74, 6) is 1.73. The Morgan fingerprint density at radius 2 is 1.92 bits per heavy atom. The summed E-state index contributed by atoms with van der Waals surface area (Å²) in [6.45, 7) is 3.57. The third-order valence-corrected chi connectivity index (χ3v) is 2.19. The summed E-state index contributed by atoms with van der Waals surface area (Å²) in [5.41, 5.74) is 0. The van der Waals surface area contributed by atoms with E-state index >= 15 is 0 Å². The van der Waals surface area contributed by atoms with Gasteiger partial charge in [-0.25, -0.2) is 0 Å². The number of aliphatic hydroxyl groups excluding tert-OH is 1. The molecule has 1 unspecified atom stereocenters. The molecule has 2 aliphatic rings. The molecule has 2 saturated heterocycles. The molecule has 2 fully saturated rings. The van der Waals surface area contributed by atoms with Crippen LogP contribution in [-0.2, 0) is 14.2 Å². The van der Waals surface area contributed by atoms with Gasteiger partial charge < -0.3 is 19.3 Å². The molecule has 2 aliphatic heterocycles. The Morgan fingerprint density at radius 3 is 2.54 bits per heavy atom. The van der Waals surface area contributed by atoms with E-state index in [2.05, 4.69) is 5.92 Å². The second-order valence-electron chi connectivity index (χ2n) is 3.68. The highest BCUT2D eigenvalue weighted by Crippen LogP contribution is 2.37. The lowest BCUT2D eigenvalue weighted by Gasteiger charge is -2.20. The average Bonchev–Trinajstić information content (AvgIpc) is 2.47. The summed E-state index contributed by atoms with van der Waals surface area (Å²) in [6.07, 6.45) is 2.91. The van der Waals surface area contributed by atoms with Crippen molar-refractivity contribution in [2.24, 2.45) is 0 Å². The lowest BCUT2D eigenvalue weighted by molar-refractivity contribution is -0.213. The number of fused-ring (bicyclic) bond motifs is 1. The van der Waals surface area contributed by atoms with E-state index in [0.717, 1.165) is 0 Å². The summed E-state index contributed by atoms with van der Waals surface area (Å²) < 4.78 is 16.0. The van der Waals surface area contributed by atoms with Gasteiger partial charge in [0.05, 0.1) is 0 Å². The normalized spacial score (nSPS) is 47.2. The van der Waals surface area contributed by atoms with Crippen molar-refractivity contribution in [3.05, 3.63) is 0 Å². The maximum Gasteiger partial charge on any atom is 0.185 e. The first kappa shape index (κ1) is 8.97. The highest BCUT2D eigenvalue weighted by molar-refractivity contribution is 5.08. The summed E-state index contributed by atoms with van der Waals surface area (Å²) in [5, 5.41) is 9.41. The largest absolute Gasteiger partial charge is 0.366 e. The van der Waals surface area contributed by atoms with E-state index < -0.39 is 24.3 Å². The molecular weight excluding hydrogens is 172 g/mol. The molecule has 0 spiro atoms. The number of terminal acetylenes is 1. The van der Waals surface area contributed by atoms with Crippen LogP contribution in [-0.4, -0.2) is 35.5 Å². The second kappa shape index (κ2) is 2.69. The number of ether oxygens (including phenoxy) is 3. The topological polar surface area (TPSA) is 47.9 Å². The van der Waals surface area contributed by atoms with Crippen molar-refractivity contribution in [1.29, 1.82) is 0 Å². The van der Waals surface area contributed by atoms with Crippen molar-refractivity contribution >= 4 is 0 Å². The minimum Gasteiger partial charge on any atom is -0.366 e. The predicted octanol–water partition coefficient (Wildman–Crippen LogP) is -0.143. The highest BCUT2D eigenvalue weighted by atomic mass is 16.8. The monoisotopic (exact) mass is 184 g/mol. The van der Waals surface area contributed by atoms with Gasteiger partial charge in [0.1, 0.15) is 18.3 Å². The van der Waals surface area contributed by atoms with Gasteiger partial charge in [0, 0.05) is 0 Å². The SMILES string of the molecule is C#C[C@H]1OC(O)[C@@H]2OC(C)(C)O[C@H]12. The smallest absolute Gasteiger partial charge is 0.185 e. The molecule has 1 N–H and O–H groups in total. The fourth-order valence-corrected chi connectivity index (χ4v) is 1.71. The maximum atomic E-state index is 9.41. The molecule has 4 atom stereocenters. The number of hydrogen-bond donors (Lipinski definition) is 1. The first-order valence-electron chi connectivity index (χ1n) is 4.19. The van der Waals surface area contributed by atoms with E-state index in [0.29, 0.717) is 0 Å². The van der Waals surface area contributed by atoms with Gasteiger partial charge in [0.25, 0.3) is 0 Å². The van der Waals surface area contributed by atoms with Gasteiger partial charge in [-0.1, -0.05) is 5.92 Å². The Balaban J connectivity index is 2.18. The molecule has 0 bridgehead atoms. The zero-order valence-corrected chi connectivity index (χ0v) is 7.56. The van der Waals surface area contributed by atoms with Crippen molar-refractivity contribution in [3.63, 3.8) is 0 Å². The van der Waals surface area contributed by atoms with Gasteiger partial charge in [0.2, 0.25) is 0 Å². The molecule has 2 rings (SSSR count). The third kappa shape index (κ3) is 1.34. The van der Waals surface area contributed by atoms with Gasteiger partial charge in [-0.2, -0.15) is 0 Å². The molecule has 0 aliphatic carbocycles. The Hall–Kier alpha value is -0.600. The molecule has 0 aromatic heterocycles. The van der Waals surface area contributed by atoms with Crippen LogP contribution < -0.4 is 0 Å². The molecule has 0 saturated carbocycles. The van der Waals surface area contributed by atoms with E-state index in [1.54, 1.807) is 13.8 Å². The summed E-state index contributed by atoms with van der Waals surface area (Å²) in [6, 6.07) is 0. The summed E-state index contributed by atoms with van der Waals surface area (Å²) in [7, 11) is 0. The Labute approximate surface area is 76.8 Å². The third-order valence-electron chi connectivity index (χ3n) is 2.19. The Kier molecular flexibility index (Phi) is 1.86. The first-order chi connectivity index (χ1) is 6.03. The van der Waals surface area contributed by atoms with Crippen molar-refractivity contribution < 1.29 is 19.3 Å². The zero-order chi connectivity index (χ0) is 9.64. The molecule has 0 radical (unpaired) electrons. The maximum absolute atomic E-state index is 9.41. The van der Waals surface area contributed by atoms with Crippen LogP contribution in [0.2, 0.25) is 0 Å². The van der Waals surface area contributed by atoms with Crippen molar-refractivity contribution in [3.8, 4) is 12.3 Å². The fraction of sp³-hybridized carbons (Fsp3) is 0.778. The Morgan fingerprint density at radius 1 is 1.31 bits per heavy atom. The quantitative estimate of drug-likeness (QED) is 0.532. The molecule has 0 amide bonds. The zero-order valence-electron chi connectivity index (χ0n) is 7.56. The molecule has 0 aromatic carbocycles. The number of aliphatic hydroxyl groups is 1. The first-order valence-corrected chi connectivity index (χ1v) is 4.19. The molecular formula is C9H12O4. The lowest BCUT2D eigenvalue weighted by atomic mass is 10.1. The molecule has 4 heteroatoms. The predicted molar refractivity (Wildman–Crippen MR) is 43.5 cm³/mol. The lowest BCUT2D eigenvalue weighted by Crippen LogP contribution is -2.29. The number of rotatable bonds is 0. The van der Waals surface area contributed by atoms with Crippen molar-refractivity contribution in [2.45, 2.75) is 44.2 Å². The van der Waals surface area contributed by atoms with Crippen molar-refractivity contribution in [1.82, 2.24) is 0 Å². The van der Waals surface area contributed by atoms with Crippen LogP contribution in [0.1, 0.15) is 13.8 Å². The van der Waals surface area contributed by atoms with Gasteiger partial charge in [0.15, 0.2) is 12.1 Å². The van der Waals surface area contributed by atoms with Crippen LogP contribution in [0.15, 0.2) is 0 Å². The summed E-state index contributed by atoms with van der Waals surface area (Å²) >= 11 is 0. The van der Waals surface area contributed by atoms with E-state index in [1.807, 2.05) is 0 Å². The minimum absolute atomic E-state index is 0.352. The fourth-order valence-electron chi connectivity index (χ4n) is 1.71. The van der Waals surface area contributed by atoms with E-state index in [-0.39, 0.29) is 6.10 Å². The average molecular weight is 184 g/mol. The van der Waals surface area contributed by atoms with Crippen LogP contribution in [0.25, 0.3) is 0 Å². The van der Waals surface area contributed by atoms with Gasteiger partial charge in [-0.3, -0.25) is 0 Å². The van der Waals surface area contributed by atoms with Crippen LogP contribution in [0.5, 0.6) is 0 Å². The van der Waals surface area contributed by atoms with E-state index in [9.17, 15) is 5.11 Å². The molecule has 72 valence electrons. The highest BCUT2D eigenvalue weighted by Gasteiger charge is 2.54. The second-order valence-corrected chi connectivity index (χ2v) is 3.68. The molecule has 0 aromatic rings. The van der Waals surface area contributed by atoms with Crippen LogP contribution >= 0.6 is 0 Å². The van der Waals surface area contributed by atoms with E-state index in [4.69, 9.17) is 20.6 Å². The van der Waals surface area contributed by atoms with Gasteiger partial charge in [-0.05, 0) is 13.8 Å². The summed E-state index contributed by atoms with van der Waals surface area (Å²) in [4.78, 5) is 0.